The third kappa shape index (κ3) is 5.95. The van der Waals surface area contributed by atoms with Crippen LogP contribution in [0.5, 0.6) is 0 Å². The first kappa shape index (κ1) is 22.1. The van der Waals surface area contributed by atoms with Crippen LogP contribution in [-0.2, 0) is 0 Å². The van der Waals surface area contributed by atoms with Crippen molar-refractivity contribution in [1.29, 1.82) is 0 Å². The van der Waals surface area contributed by atoms with E-state index in [1.165, 1.54) is 50.7 Å². The maximum atomic E-state index is 14.1. The average Bonchev–Trinajstić information content (AvgIpc) is 2.76. The summed E-state index contributed by atoms with van der Waals surface area (Å²) in [4.78, 5) is 3.44. The molecule has 1 nitrogen and oxygen atoms in total. The number of isothiocyanates is 1. The van der Waals surface area contributed by atoms with Crippen LogP contribution in [0.2, 0.25) is 0 Å². The van der Waals surface area contributed by atoms with Gasteiger partial charge in [0, 0.05) is 11.5 Å². The molecule has 154 valence electrons. The van der Waals surface area contributed by atoms with E-state index in [0.29, 0.717) is 11.5 Å². The molecule has 1 saturated carbocycles. The number of allylic oxidation sites excluding steroid dienone is 2. The second-order valence-corrected chi connectivity index (χ2v) is 7.88. The smallest absolute Gasteiger partial charge is 0.153 e. The highest BCUT2D eigenvalue weighted by molar-refractivity contribution is 7.78. The molecule has 1 aliphatic carbocycles. The molecule has 2 aromatic rings. The molecule has 0 radical (unpaired) electrons. The summed E-state index contributed by atoms with van der Waals surface area (Å²) in [6.07, 6.45) is 11.7. The molecule has 4 heteroatoms. The monoisotopic (exact) mass is 421 g/mol. The molecular weight excluding hydrogens is 396 g/mol. The average molecular weight is 422 g/mol. The summed E-state index contributed by atoms with van der Waals surface area (Å²) in [6.45, 7) is 2.07. The molecule has 1 fully saturated rings. The maximum absolute atomic E-state index is 14.1. The molecule has 0 aliphatic heterocycles. The van der Waals surface area contributed by atoms with Crippen molar-refractivity contribution in [2.75, 3.05) is 0 Å². The van der Waals surface area contributed by atoms with E-state index in [2.05, 4.69) is 48.1 Å². The summed E-state index contributed by atoms with van der Waals surface area (Å²) in [5.41, 5.74) is 1.67. The molecule has 3 rings (SSSR count). The van der Waals surface area contributed by atoms with Gasteiger partial charge in [0.25, 0.3) is 0 Å². The van der Waals surface area contributed by atoms with E-state index < -0.39 is 17.3 Å². The third-order valence-corrected chi connectivity index (χ3v) is 5.73. The second kappa shape index (κ2) is 11.0. The van der Waals surface area contributed by atoms with Crippen molar-refractivity contribution in [1.82, 2.24) is 0 Å². The molecule has 30 heavy (non-hydrogen) atoms. The first-order valence-electron chi connectivity index (χ1n) is 10.4. The normalized spacial score (nSPS) is 18.5. The van der Waals surface area contributed by atoms with Crippen molar-refractivity contribution in [3.63, 3.8) is 0 Å². The van der Waals surface area contributed by atoms with Gasteiger partial charge >= 0.3 is 0 Å². The quantitative estimate of drug-likeness (QED) is 0.207. The standard InChI is InChI=1S/C26H25F2NS/c1-2-3-4-5-19-6-8-20(9-7-19)10-11-21-12-14-22(15-13-21)23-16-24(27)26(29-18-30)25(28)17-23/h2-3,12-17,19-20H,4-9H2,1H3/b3-2+. The topological polar surface area (TPSA) is 12.4 Å². The van der Waals surface area contributed by atoms with Crippen LogP contribution < -0.4 is 0 Å². The number of hydrogen-bond acceptors (Lipinski definition) is 2. The molecule has 0 saturated heterocycles. The van der Waals surface area contributed by atoms with E-state index in [1.54, 1.807) is 0 Å². The summed E-state index contributed by atoms with van der Waals surface area (Å²) in [5.74, 6) is 6.45. The van der Waals surface area contributed by atoms with Gasteiger partial charge < -0.3 is 0 Å². The van der Waals surface area contributed by atoms with E-state index in [4.69, 9.17) is 0 Å². The summed E-state index contributed by atoms with van der Waals surface area (Å²) in [5, 5.41) is 2.00. The van der Waals surface area contributed by atoms with Gasteiger partial charge in [0.15, 0.2) is 11.6 Å². The fourth-order valence-corrected chi connectivity index (χ4v) is 4.00. The van der Waals surface area contributed by atoms with Crippen LogP contribution in [0.1, 0.15) is 51.0 Å². The van der Waals surface area contributed by atoms with E-state index in [0.717, 1.165) is 17.0 Å². The summed E-state index contributed by atoms with van der Waals surface area (Å²) < 4.78 is 28.1. The second-order valence-electron chi connectivity index (χ2n) is 7.70. The number of nitrogens with zero attached hydrogens (tertiary/aromatic N) is 1. The first-order valence-corrected chi connectivity index (χ1v) is 10.8. The van der Waals surface area contributed by atoms with Crippen LogP contribution in [0.4, 0.5) is 14.5 Å². The molecule has 0 atom stereocenters. The Hall–Kier alpha value is -2.60. The Morgan fingerprint density at radius 1 is 1.03 bits per heavy atom. The summed E-state index contributed by atoms with van der Waals surface area (Å²) in [7, 11) is 0. The summed E-state index contributed by atoms with van der Waals surface area (Å²) in [6, 6.07) is 9.96. The Kier molecular flexibility index (Phi) is 8.08. The highest BCUT2D eigenvalue weighted by Crippen LogP contribution is 2.32. The Balaban J connectivity index is 1.62. The first-order chi connectivity index (χ1) is 14.6. The number of halogens is 2. The lowest BCUT2D eigenvalue weighted by Crippen LogP contribution is -2.13. The predicted molar refractivity (Wildman–Crippen MR) is 123 cm³/mol. The number of hydrogen-bond donors (Lipinski definition) is 0. The van der Waals surface area contributed by atoms with Crippen LogP contribution in [0.25, 0.3) is 11.1 Å². The Morgan fingerprint density at radius 2 is 1.70 bits per heavy atom. The van der Waals surface area contributed by atoms with E-state index >= 15 is 0 Å². The fraction of sp³-hybridized carbons (Fsp3) is 0.346. The third-order valence-electron chi connectivity index (χ3n) is 5.64. The van der Waals surface area contributed by atoms with Gasteiger partial charge in [0.2, 0.25) is 0 Å². The highest BCUT2D eigenvalue weighted by atomic mass is 32.1. The molecule has 1 aliphatic rings. The minimum Gasteiger partial charge on any atom is -0.204 e. The predicted octanol–water partition coefficient (Wildman–Crippen LogP) is 7.88. The van der Waals surface area contributed by atoms with Crippen molar-refractivity contribution in [2.24, 2.45) is 16.8 Å². The Bertz CT molecular complexity index is 977. The molecule has 0 amide bonds. The van der Waals surface area contributed by atoms with Gasteiger partial charge in [-0.05, 0) is 99.0 Å². The van der Waals surface area contributed by atoms with Crippen LogP contribution >= 0.6 is 12.2 Å². The Labute approximate surface area is 182 Å². The fourth-order valence-electron chi connectivity index (χ4n) is 3.91. The van der Waals surface area contributed by atoms with Crippen molar-refractivity contribution in [3.8, 4) is 23.0 Å². The molecule has 0 heterocycles. The molecule has 0 spiro atoms. The molecular formula is C26H25F2NS. The molecule has 0 aromatic heterocycles. The summed E-state index contributed by atoms with van der Waals surface area (Å²) >= 11 is 4.43. The minimum absolute atomic E-state index is 0.409. The lowest BCUT2D eigenvalue weighted by Gasteiger charge is -2.25. The van der Waals surface area contributed by atoms with Crippen molar-refractivity contribution in [3.05, 3.63) is 65.7 Å². The van der Waals surface area contributed by atoms with Gasteiger partial charge in [-0.3, -0.25) is 0 Å². The maximum Gasteiger partial charge on any atom is 0.153 e. The number of thiocarbonyl (C=S) groups is 1. The molecule has 0 N–H and O–H groups in total. The van der Waals surface area contributed by atoms with Crippen LogP contribution in [0.15, 0.2) is 53.5 Å². The SMILES string of the molecule is C/C=C/CCC1CCC(C#Cc2ccc(-c3cc(F)c(N=C=S)c(F)c3)cc2)CC1. The van der Waals surface area contributed by atoms with Crippen LogP contribution in [0, 0.1) is 35.3 Å². The van der Waals surface area contributed by atoms with Crippen molar-refractivity contribution < 1.29 is 8.78 Å². The van der Waals surface area contributed by atoms with Gasteiger partial charge in [-0.25, -0.2) is 8.78 Å². The van der Waals surface area contributed by atoms with E-state index in [1.807, 2.05) is 29.4 Å². The molecule has 2 aromatic carbocycles. The molecule has 0 bridgehead atoms. The highest BCUT2D eigenvalue weighted by Gasteiger charge is 2.19. The van der Waals surface area contributed by atoms with E-state index in [9.17, 15) is 8.78 Å². The van der Waals surface area contributed by atoms with Crippen LogP contribution in [0.3, 0.4) is 0 Å². The lowest BCUT2D eigenvalue weighted by molar-refractivity contribution is 0.303. The van der Waals surface area contributed by atoms with Gasteiger partial charge in [0.05, 0.1) is 5.16 Å². The number of aliphatic imine (C=N–C) groups is 1. The van der Waals surface area contributed by atoms with Crippen molar-refractivity contribution in [2.45, 2.75) is 45.4 Å². The van der Waals surface area contributed by atoms with Crippen LogP contribution in [-0.4, -0.2) is 5.16 Å². The zero-order valence-corrected chi connectivity index (χ0v) is 17.9. The zero-order chi connectivity index (χ0) is 21.3. The zero-order valence-electron chi connectivity index (χ0n) is 17.1. The number of benzene rings is 2. The van der Waals surface area contributed by atoms with E-state index in [-0.39, 0.29) is 0 Å². The molecule has 0 unspecified atom stereocenters. The lowest BCUT2D eigenvalue weighted by atomic mass is 9.80. The van der Waals surface area contributed by atoms with Crippen molar-refractivity contribution >= 4 is 23.1 Å². The van der Waals surface area contributed by atoms with Gasteiger partial charge in [-0.1, -0.05) is 36.1 Å². The minimum atomic E-state index is -0.757. The van der Waals surface area contributed by atoms with Gasteiger partial charge in [-0.2, -0.15) is 4.99 Å². The number of rotatable bonds is 5. The van der Waals surface area contributed by atoms with Gasteiger partial charge in [0.1, 0.15) is 5.69 Å². The van der Waals surface area contributed by atoms with Gasteiger partial charge in [-0.15, -0.1) is 0 Å². The Morgan fingerprint density at radius 3 is 2.30 bits per heavy atom. The largest absolute Gasteiger partial charge is 0.204 e.